The molecule has 0 saturated heterocycles. The van der Waals surface area contributed by atoms with Gasteiger partial charge in [-0.05, 0) is 91.6 Å². The van der Waals surface area contributed by atoms with Gasteiger partial charge in [0, 0.05) is 52.1 Å². The third-order valence-corrected chi connectivity index (χ3v) is 6.44. The van der Waals surface area contributed by atoms with E-state index in [-0.39, 0.29) is 17.9 Å². The van der Waals surface area contributed by atoms with Crippen LogP contribution in [0.4, 0.5) is 4.79 Å². The van der Waals surface area contributed by atoms with Crippen molar-refractivity contribution in [2.45, 2.75) is 111 Å². The first kappa shape index (κ1) is 38.6. The maximum atomic E-state index is 13.0. The number of allylic oxidation sites excluding steroid dienone is 4. The van der Waals surface area contributed by atoms with E-state index in [4.69, 9.17) is 16.2 Å². The predicted octanol–water partition coefficient (Wildman–Crippen LogP) is 5.24. The summed E-state index contributed by atoms with van der Waals surface area (Å²) in [5, 5.41) is 0. The monoisotopic (exact) mass is 579 g/mol. The van der Waals surface area contributed by atoms with Gasteiger partial charge in [0.15, 0.2) is 0 Å². The van der Waals surface area contributed by atoms with Crippen LogP contribution < -0.4 is 11.5 Å². The standard InChI is InChI=1S/C32H61N5O4/c1-6-8-10-12-19-29(38)35(25-16-21-33)23-14-15-24-37(31(40)41-32(3,4)5)28-18-27-36(26-17-22-34)30(39)20-13-11-9-7-2/h8-11H,6-7,12-28,33-34H2,1-5H3/b10-8-,11-9-. The average Bonchev–Trinajstić information content (AvgIpc) is 2.92. The molecule has 0 aliphatic rings. The molecule has 0 unspecified atom stereocenters. The molecule has 0 bridgehead atoms. The second kappa shape index (κ2) is 24.2. The molecule has 0 saturated carbocycles. The lowest BCUT2D eigenvalue weighted by molar-refractivity contribution is -0.132. The summed E-state index contributed by atoms with van der Waals surface area (Å²) in [5.74, 6) is 0.270. The zero-order valence-corrected chi connectivity index (χ0v) is 26.9. The number of rotatable bonds is 23. The highest BCUT2D eigenvalue weighted by Crippen LogP contribution is 2.12. The van der Waals surface area contributed by atoms with E-state index < -0.39 is 5.60 Å². The minimum Gasteiger partial charge on any atom is -0.444 e. The number of nitrogens with zero attached hydrogens (tertiary/aromatic N) is 3. The summed E-state index contributed by atoms with van der Waals surface area (Å²) in [4.78, 5) is 44.1. The average molecular weight is 580 g/mol. The molecule has 0 radical (unpaired) electrons. The number of nitrogens with two attached hydrogens (primary N) is 2. The number of hydrogen-bond acceptors (Lipinski definition) is 6. The molecule has 9 heteroatoms. The van der Waals surface area contributed by atoms with Crippen molar-refractivity contribution in [3.05, 3.63) is 24.3 Å². The normalized spacial score (nSPS) is 11.8. The van der Waals surface area contributed by atoms with Crippen LogP contribution in [0.2, 0.25) is 0 Å². The quantitative estimate of drug-likeness (QED) is 0.126. The van der Waals surface area contributed by atoms with Crippen molar-refractivity contribution in [2.75, 3.05) is 52.4 Å². The van der Waals surface area contributed by atoms with Gasteiger partial charge in [0.25, 0.3) is 0 Å². The summed E-state index contributed by atoms with van der Waals surface area (Å²) in [6, 6.07) is 0. The van der Waals surface area contributed by atoms with Gasteiger partial charge in [-0.1, -0.05) is 38.2 Å². The van der Waals surface area contributed by atoms with Crippen LogP contribution in [0, 0.1) is 0 Å². The molecule has 0 rings (SSSR count). The van der Waals surface area contributed by atoms with Crippen molar-refractivity contribution in [3.63, 3.8) is 0 Å². The van der Waals surface area contributed by atoms with Crippen LogP contribution in [-0.4, -0.2) is 90.6 Å². The van der Waals surface area contributed by atoms with E-state index in [1.807, 2.05) is 30.6 Å². The molecule has 9 nitrogen and oxygen atoms in total. The molecule has 0 spiro atoms. The first-order chi connectivity index (χ1) is 19.6. The van der Waals surface area contributed by atoms with Crippen molar-refractivity contribution in [2.24, 2.45) is 11.5 Å². The minimum atomic E-state index is -0.595. The topological polar surface area (TPSA) is 122 Å². The van der Waals surface area contributed by atoms with Crippen LogP contribution in [-0.2, 0) is 14.3 Å². The molecule has 0 aliphatic heterocycles. The molecular formula is C32H61N5O4. The molecule has 41 heavy (non-hydrogen) atoms. The fourth-order valence-corrected chi connectivity index (χ4v) is 4.26. The highest BCUT2D eigenvalue weighted by molar-refractivity contribution is 5.76. The second-order valence-electron chi connectivity index (χ2n) is 11.4. The van der Waals surface area contributed by atoms with E-state index >= 15 is 0 Å². The number of carbonyl (C=O) groups is 3. The van der Waals surface area contributed by atoms with Gasteiger partial charge in [0.1, 0.15) is 5.60 Å². The smallest absolute Gasteiger partial charge is 0.410 e. The predicted molar refractivity (Wildman–Crippen MR) is 169 cm³/mol. The summed E-state index contributed by atoms with van der Waals surface area (Å²) in [6.45, 7) is 14.3. The molecule has 0 fully saturated rings. The highest BCUT2D eigenvalue weighted by atomic mass is 16.6. The van der Waals surface area contributed by atoms with Gasteiger partial charge >= 0.3 is 6.09 Å². The SMILES string of the molecule is CC/C=C\CCC(=O)N(CCCN)CCCCN(CCCN(CCCN)C(=O)CC/C=C\CC)C(=O)OC(C)(C)C. The Morgan fingerprint density at radius 1 is 0.610 bits per heavy atom. The molecule has 0 aliphatic carbocycles. The van der Waals surface area contributed by atoms with Crippen molar-refractivity contribution >= 4 is 17.9 Å². The van der Waals surface area contributed by atoms with Crippen LogP contribution in [0.5, 0.6) is 0 Å². The zero-order valence-electron chi connectivity index (χ0n) is 26.9. The molecule has 4 N–H and O–H groups in total. The van der Waals surface area contributed by atoms with Crippen LogP contribution in [0.25, 0.3) is 0 Å². The van der Waals surface area contributed by atoms with Crippen LogP contribution in [0.1, 0.15) is 105 Å². The van der Waals surface area contributed by atoms with E-state index in [1.54, 1.807) is 4.90 Å². The lowest BCUT2D eigenvalue weighted by Crippen LogP contribution is -2.40. The van der Waals surface area contributed by atoms with E-state index in [9.17, 15) is 14.4 Å². The lowest BCUT2D eigenvalue weighted by Gasteiger charge is -2.29. The number of unbranched alkanes of at least 4 members (excludes halogenated alkanes) is 1. The minimum absolute atomic E-state index is 0.121. The summed E-state index contributed by atoms with van der Waals surface area (Å²) >= 11 is 0. The van der Waals surface area contributed by atoms with Gasteiger partial charge in [0.05, 0.1) is 0 Å². The van der Waals surface area contributed by atoms with E-state index in [0.717, 1.165) is 51.4 Å². The maximum Gasteiger partial charge on any atom is 0.410 e. The fraction of sp³-hybridized carbons (Fsp3) is 0.781. The maximum absolute atomic E-state index is 13.0. The Balaban J connectivity index is 5.09. The van der Waals surface area contributed by atoms with Gasteiger partial charge in [-0.15, -0.1) is 0 Å². The molecule has 0 aromatic carbocycles. The van der Waals surface area contributed by atoms with E-state index in [0.29, 0.717) is 71.6 Å². The Hall–Kier alpha value is -2.39. The molecule has 0 aromatic heterocycles. The third kappa shape index (κ3) is 21.0. The Kier molecular flexibility index (Phi) is 22.8. The van der Waals surface area contributed by atoms with Crippen molar-refractivity contribution in [1.29, 1.82) is 0 Å². The largest absolute Gasteiger partial charge is 0.444 e. The highest BCUT2D eigenvalue weighted by Gasteiger charge is 2.22. The Bertz CT molecular complexity index is 764. The van der Waals surface area contributed by atoms with Crippen LogP contribution >= 0.6 is 0 Å². The third-order valence-electron chi connectivity index (χ3n) is 6.44. The zero-order chi connectivity index (χ0) is 30.9. The van der Waals surface area contributed by atoms with Gasteiger partial charge in [0.2, 0.25) is 11.8 Å². The number of ether oxygens (including phenoxy) is 1. The van der Waals surface area contributed by atoms with Gasteiger partial charge in [-0.3, -0.25) is 9.59 Å². The number of amides is 3. The fourth-order valence-electron chi connectivity index (χ4n) is 4.26. The van der Waals surface area contributed by atoms with Crippen molar-refractivity contribution in [1.82, 2.24) is 14.7 Å². The van der Waals surface area contributed by atoms with Crippen LogP contribution in [0.3, 0.4) is 0 Å². The first-order valence-corrected chi connectivity index (χ1v) is 15.8. The van der Waals surface area contributed by atoms with E-state index in [2.05, 4.69) is 38.2 Å². The van der Waals surface area contributed by atoms with Crippen molar-refractivity contribution in [3.8, 4) is 0 Å². The second-order valence-corrected chi connectivity index (χ2v) is 11.4. The molecular weight excluding hydrogens is 518 g/mol. The molecule has 0 atom stereocenters. The van der Waals surface area contributed by atoms with Gasteiger partial charge in [-0.2, -0.15) is 0 Å². The first-order valence-electron chi connectivity index (χ1n) is 15.8. The Morgan fingerprint density at radius 3 is 1.41 bits per heavy atom. The Labute approximate surface area is 250 Å². The summed E-state index contributed by atoms with van der Waals surface area (Å²) in [5.41, 5.74) is 10.8. The number of hydrogen-bond donors (Lipinski definition) is 2. The summed E-state index contributed by atoms with van der Waals surface area (Å²) in [7, 11) is 0. The molecule has 3 amide bonds. The van der Waals surface area contributed by atoms with Gasteiger partial charge < -0.3 is 30.9 Å². The van der Waals surface area contributed by atoms with Crippen molar-refractivity contribution < 1.29 is 19.1 Å². The summed E-state index contributed by atoms with van der Waals surface area (Å²) < 4.78 is 5.68. The molecule has 238 valence electrons. The van der Waals surface area contributed by atoms with Gasteiger partial charge in [-0.25, -0.2) is 4.79 Å². The number of carbonyl (C=O) groups excluding carboxylic acids is 3. The summed E-state index contributed by atoms with van der Waals surface area (Å²) in [6.07, 6.45) is 16.0. The van der Waals surface area contributed by atoms with E-state index in [1.165, 1.54) is 0 Å². The lowest BCUT2D eigenvalue weighted by atomic mass is 10.2. The Morgan fingerprint density at radius 2 is 1.00 bits per heavy atom. The molecule has 0 aromatic rings. The molecule has 0 heterocycles. The van der Waals surface area contributed by atoms with Crippen LogP contribution in [0.15, 0.2) is 24.3 Å².